The minimum absolute atomic E-state index is 0.0960. The van der Waals surface area contributed by atoms with E-state index in [4.69, 9.17) is 29.6 Å². The number of anilines is 1. The standard InChI is InChI=1S/C11H14ClN3OS/c1-14-10(16)6-15(2)9-5-7(12)3-4-8(9)11(13)17/h3-5H,6H2,1-2H3,(H2,13,17)(H,14,16). The minimum Gasteiger partial charge on any atom is -0.389 e. The molecule has 0 spiro atoms. The van der Waals surface area contributed by atoms with Crippen molar-refractivity contribution in [3.8, 4) is 0 Å². The van der Waals surface area contributed by atoms with Gasteiger partial charge in [0.15, 0.2) is 0 Å². The van der Waals surface area contributed by atoms with Gasteiger partial charge >= 0.3 is 0 Å². The molecule has 1 aromatic rings. The van der Waals surface area contributed by atoms with Crippen molar-refractivity contribution in [3.05, 3.63) is 28.8 Å². The van der Waals surface area contributed by atoms with Gasteiger partial charge in [-0.2, -0.15) is 0 Å². The van der Waals surface area contributed by atoms with Gasteiger partial charge in [0, 0.05) is 30.4 Å². The molecule has 0 bridgehead atoms. The summed E-state index contributed by atoms with van der Waals surface area (Å²) >= 11 is 10.9. The molecule has 0 radical (unpaired) electrons. The van der Waals surface area contributed by atoms with E-state index >= 15 is 0 Å². The molecule has 0 unspecified atom stereocenters. The van der Waals surface area contributed by atoms with Crippen LogP contribution in [-0.4, -0.2) is 31.5 Å². The Morgan fingerprint density at radius 1 is 1.59 bits per heavy atom. The van der Waals surface area contributed by atoms with E-state index in [1.807, 2.05) is 0 Å². The third kappa shape index (κ3) is 3.57. The maximum atomic E-state index is 11.3. The fourth-order valence-corrected chi connectivity index (χ4v) is 1.75. The SMILES string of the molecule is CNC(=O)CN(C)c1cc(Cl)ccc1C(N)=S. The minimum atomic E-state index is -0.0960. The van der Waals surface area contributed by atoms with E-state index in [2.05, 4.69) is 5.32 Å². The van der Waals surface area contributed by atoms with Crippen LogP contribution in [0.3, 0.4) is 0 Å². The summed E-state index contributed by atoms with van der Waals surface area (Å²) < 4.78 is 0. The van der Waals surface area contributed by atoms with Gasteiger partial charge in [-0.3, -0.25) is 4.79 Å². The molecule has 0 saturated heterocycles. The molecule has 0 aliphatic rings. The Hall–Kier alpha value is -1.33. The smallest absolute Gasteiger partial charge is 0.239 e. The van der Waals surface area contributed by atoms with Gasteiger partial charge in [-0.15, -0.1) is 0 Å². The van der Waals surface area contributed by atoms with Crippen LogP contribution in [0, 0.1) is 0 Å². The number of hydrogen-bond acceptors (Lipinski definition) is 3. The zero-order valence-corrected chi connectivity index (χ0v) is 11.2. The lowest BCUT2D eigenvalue weighted by atomic mass is 10.1. The molecule has 0 fully saturated rings. The molecule has 17 heavy (non-hydrogen) atoms. The first-order valence-corrected chi connectivity index (χ1v) is 5.75. The van der Waals surface area contributed by atoms with Crippen LogP contribution in [0.25, 0.3) is 0 Å². The number of amides is 1. The molecule has 0 saturated carbocycles. The molecule has 4 nitrogen and oxygen atoms in total. The number of likely N-dealkylation sites (N-methyl/N-ethyl adjacent to an activating group) is 2. The van der Waals surface area contributed by atoms with E-state index in [0.29, 0.717) is 10.6 Å². The molecular weight excluding hydrogens is 258 g/mol. The van der Waals surface area contributed by atoms with Gasteiger partial charge in [0.1, 0.15) is 4.99 Å². The molecular formula is C11H14ClN3OS. The summed E-state index contributed by atoms with van der Waals surface area (Å²) in [6.07, 6.45) is 0. The Kier molecular flexibility index (Phi) is 4.72. The van der Waals surface area contributed by atoms with Crippen LogP contribution in [0.5, 0.6) is 0 Å². The van der Waals surface area contributed by atoms with Crippen molar-refractivity contribution in [2.45, 2.75) is 0 Å². The highest BCUT2D eigenvalue weighted by Crippen LogP contribution is 2.23. The van der Waals surface area contributed by atoms with Crippen molar-refractivity contribution in [1.29, 1.82) is 0 Å². The van der Waals surface area contributed by atoms with Crippen molar-refractivity contribution < 1.29 is 4.79 Å². The summed E-state index contributed by atoms with van der Waals surface area (Å²) in [6.45, 7) is 0.215. The van der Waals surface area contributed by atoms with E-state index in [0.717, 1.165) is 5.69 Å². The molecule has 1 rings (SSSR count). The number of carbonyl (C=O) groups excluding carboxylic acids is 1. The van der Waals surface area contributed by atoms with Gasteiger partial charge in [0.05, 0.1) is 6.54 Å². The number of carbonyl (C=O) groups is 1. The normalized spacial score (nSPS) is 9.82. The van der Waals surface area contributed by atoms with E-state index in [-0.39, 0.29) is 17.4 Å². The Balaban J connectivity index is 3.06. The summed E-state index contributed by atoms with van der Waals surface area (Å²) in [4.78, 5) is 13.3. The average molecular weight is 272 g/mol. The Morgan fingerprint density at radius 3 is 2.76 bits per heavy atom. The summed E-state index contributed by atoms with van der Waals surface area (Å²) in [5.41, 5.74) is 7.08. The van der Waals surface area contributed by atoms with Crippen LogP contribution in [0.2, 0.25) is 5.02 Å². The third-order valence-corrected chi connectivity index (χ3v) is 2.75. The van der Waals surface area contributed by atoms with Crippen molar-refractivity contribution in [3.63, 3.8) is 0 Å². The maximum absolute atomic E-state index is 11.3. The fourth-order valence-electron chi connectivity index (χ4n) is 1.41. The van der Waals surface area contributed by atoms with E-state index < -0.39 is 0 Å². The van der Waals surface area contributed by atoms with Crippen LogP contribution in [0.15, 0.2) is 18.2 Å². The lowest BCUT2D eigenvalue weighted by molar-refractivity contribution is -0.119. The monoisotopic (exact) mass is 271 g/mol. The first-order chi connectivity index (χ1) is 7.95. The quantitative estimate of drug-likeness (QED) is 0.807. The third-order valence-electron chi connectivity index (χ3n) is 2.30. The largest absolute Gasteiger partial charge is 0.389 e. The zero-order chi connectivity index (χ0) is 13.0. The van der Waals surface area contributed by atoms with Gasteiger partial charge in [0.2, 0.25) is 5.91 Å². The number of nitrogens with zero attached hydrogens (tertiary/aromatic N) is 1. The highest BCUT2D eigenvalue weighted by molar-refractivity contribution is 7.80. The van der Waals surface area contributed by atoms with Crippen LogP contribution in [0.4, 0.5) is 5.69 Å². The molecule has 0 aliphatic heterocycles. The number of rotatable bonds is 4. The molecule has 0 aliphatic carbocycles. The Morgan fingerprint density at radius 2 is 2.24 bits per heavy atom. The Bertz CT molecular complexity index is 450. The lowest BCUT2D eigenvalue weighted by Crippen LogP contribution is -2.34. The lowest BCUT2D eigenvalue weighted by Gasteiger charge is -2.21. The number of thiocarbonyl (C=S) groups is 1. The molecule has 92 valence electrons. The predicted molar refractivity (Wildman–Crippen MR) is 74.7 cm³/mol. The summed E-state index contributed by atoms with van der Waals surface area (Å²) in [6, 6.07) is 5.20. The fraction of sp³-hybridized carbons (Fsp3) is 0.273. The zero-order valence-electron chi connectivity index (χ0n) is 9.66. The number of hydrogen-bond donors (Lipinski definition) is 2. The van der Waals surface area contributed by atoms with Gasteiger partial charge in [-0.1, -0.05) is 23.8 Å². The molecule has 6 heteroatoms. The van der Waals surface area contributed by atoms with Crippen molar-refractivity contribution in [2.75, 3.05) is 25.5 Å². The van der Waals surface area contributed by atoms with E-state index in [1.54, 1.807) is 37.2 Å². The maximum Gasteiger partial charge on any atom is 0.239 e. The Labute approximate surface area is 111 Å². The van der Waals surface area contributed by atoms with Crippen LogP contribution in [0.1, 0.15) is 5.56 Å². The van der Waals surface area contributed by atoms with Crippen molar-refractivity contribution in [2.24, 2.45) is 5.73 Å². The summed E-state index contributed by atoms with van der Waals surface area (Å²) in [7, 11) is 3.37. The van der Waals surface area contributed by atoms with Gasteiger partial charge in [-0.25, -0.2) is 0 Å². The highest BCUT2D eigenvalue weighted by Gasteiger charge is 2.12. The molecule has 3 N–H and O–H groups in total. The highest BCUT2D eigenvalue weighted by atomic mass is 35.5. The molecule has 0 heterocycles. The second-order valence-corrected chi connectivity index (χ2v) is 4.43. The van der Waals surface area contributed by atoms with Crippen LogP contribution < -0.4 is 16.0 Å². The van der Waals surface area contributed by atoms with E-state index in [9.17, 15) is 4.79 Å². The van der Waals surface area contributed by atoms with Gasteiger partial charge in [-0.05, 0) is 18.2 Å². The molecule has 1 amide bonds. The number of benzene rings is 1. The number of halogens is 1. The first-order valence-electron chi connectivity index (χ1n) is 4.96. The van der Waals surface area contributed by atoms with Crippen LogP contribution >= 0.6 is 23.8 Å². The number of nitrogens with one attached hydrogen (secondary N) is 1. The second-order valence-electron chi connectivity index (χ2n) is 3.55. The predicted octanol–water partition coefficient (Wildman–Crippen LogP) is 1.16. The average Bonchev–Trinajstić information content (AvgIpc) is 2.28. The van der Waals surface area contributed by atoms with Crippen LogP contribution in [-0.2, 0) is 4.79 Å². The van der Waals surface area contributed by atoms with Gasteiger partial charge in [0.25, 0.3) is 0 Å². The topological polar surface area (TPSA) is 58.4 Å². The summed E-state index contributed by atoms with van der Waals surface area (Å²) in [5, 5.41) is 3.12. The van der Waals surface area contributed by atoms with E-state index in [1.165, 1.54) is 0 Å². The molecule has 0 aromatic heterocycles. The van der Waals surface area contributed by atoms with Gasteiger partial charge < -0.3 is 16.0 Å². The van der Waals surface area contributed by atoms with Crippen molar-refractivity contribution in [1.82, 2.24) is 5.32 Å². The van der Waals surface area contributed by atoms with Crippen molar-refractivity contribution >= 4 is 40.4 Å². The summed E-state index contributed by atoms with van der Waals surface area (Å²) in [5.74, 6) is -0.0960. The number of nitrogens with two attached hydrogens (primary N) is 1. The first kappa shape index (κ1) is 13.7. The second kappa shape index (κ2) is 5.84. The molecule has 0 atom stereocenters. The molecule has 1 aromatic carbocycles.